The van der Waals surface area contributed by atoms with Crippen LogP contribution < -0.4 is 10.8 Å². The van der Waals surface area contributed by atoms with E-state index in [1.165, 1.54) is 0 Å². The standard InChI is InChI=1S/C10H18N2O4/c13-9(12-16-7-10(14)15)2-1-8-3-5-11-6-4-8/h8,11H,1-7H2,(H,12,13)(H,14,15). The van der Waals surface area contributed by atoms with E-state index in [2.05, 4.69) is 15.6 Å². The lowest BCUT2D eigenvalue weighted by Gasteiger charge is -2.21. The van der Waals surface area contributed by atoms with E-state index in [0.717, 1.165) is 32.4 Å². The van der Waals surface area contributed by atoms with E-state index in [1.807, 2.05) is 0 Å². The second kappa shape index (κ2) is 7.19. The van der Waals surface area contributed by atoms with E-state index in [9.17, 15) is 9.59 Å². The summed E-state index contributed by atoms with van der Waals surface area (Å²) in [7, 11) is 0. The number of carbonyl (C=O) groups excluding carboxylic acids is 1. The average Bonchev–Trinajstić information content (AvgIpc) is 2.27. The Balaban J connectivity index is 2.02. The molecule has 1 fully saturated rings. The van der Waals surface area contributed by atoms with Gasteiger partial charge >= 0.3 is 5.97 Å². The minimum atomic E-state index is -1.10. The molecule has 0 aromatic rings. The van der Waals surface area contributed by atoms with Crippen LogP contribution in [0.5, 0.6) is 0 Å². The van der Waals surface area contributed by atoms with E-state index in [4.69, 9.17) is 5.11 Å². The highest BCUT2D eigenvalue weighted by Crippen LogP contribution is 2.17. The van der Waals surface area contributed by atoms with Gasteiger partial charge in [0.1, 0.15) is 0 Å². The summed E-state index contributed by atoms with van der Waals surface area (Å²) in [5.74, 6) is -0.759. The Labute approximate surface area is 94.3 Å². The lowest BCUT2D eigenvalue weighted by Crippen LogP contribution is -2.30. The number of rotatable bonds is 6. The highest BCUT2D eigenvalue weighted by atomic mass is 16.7. The Morgan fingerprint density at radius 1 is 1.38 bits per heavy atom. The molecule has 0 saturated carbocycles. The molecular weight excluding hydrogens is 212 g/mol. The quantitative estimate of drug-likeness (QED) is 0.554. The first kappa shape index (κ1) is 12.9. The number of hydrogen-bond acceptors (Lipinski definition) is 4. The molecule has 6 heteroatoms. The van der Waals surface area contributed by atoms with Crippen LogP contribution in [-0.4, -0.2) is 36.7 Å². The molecule has 0 aromatic heterocycles. The smallest absolute Gasteiger partial charge is 0.332 e. The molecule has 0 bridgehead atoms. The lowest BCUT2D eigenvalue weighted by molar-refractivity contribution is -0.149. The molecule has 1 heterocycles. The van der Waals surface area contributed by atoms with E-state index in [1.54, 1.807) is 0 Å². The van der Waals surface area contributed by atoms with Crippen molar-refractivity contribution < 1.29 is 19.5 Å². The molecule has 1 saturated heterocycles. The van der Waals surface area contributed by atoms with Gasteiger partial charge in [-0.15, -0.1) is 0 Å². The second-order valence-corrected chi connectivity index (χ2v) is 3.94. The summed E-state index contributed by atoms with van der Waals surface area (Å²) in [4.78, 5) is 25.8. The van der Waals surface area contributed by atoms with Crippen LogP contribution in [0.4, 0.5) is 0 Å². The molecule has 0 radical (unpaired) electrons. The third kappa shape index (κ3) is 5.67. The molecule has 1 aliphatic heterocycles. The minimum absolute atomic E-state index is 0.250. The van der Waals surface area contributed by atoms with Gasteiger partial charge < -0.3 is 10.4 Å². The molecule has 0 unspecified atom stereocenters. The fourth-order valence-electron chi connectivity index (χ4n) is 1.73. The molecule has 3 N–H and O–H groups in total. The first-order valence-electron chi connectivity index (χ1n) is 5.51. The Morgan fingerprint density at radius 3 is 2.69 bits per heavy atom. The maximum Gasteiger partial charge on any atom is 0.332 e. The number of carbonyl (C=O) groups is 2. The van der Waals surface area contributed by atoms with Crippen LogP contribution in [-0.2, 0) is 14.4 Å². The van der Waals surface area contributed by atoms with Crippen molar-refractivity contribution in [3.8, 4) is 0 Å². The molecule has 0 spiro atoms. The molecule has 1 amide bonds. The molecule has 92 valence electrons. The van der Waals surface area contributed by atoms with Gasteiger partial charge in [0.2, 0.25) is 5.91 Å². The van der Waals surface area contributed by atoms with Crippen LogP contribution in [0.25, 0.3) is 0 Å². The van der Waals surface area contributed by atoms with Crippen molar-refractivity contribution >= 4 is 11.9 Å². The average molecular weight is 230 g/mol. The zero-order valence-electron chi connectivity index (χ0n) is 9.20. The molecule has 0 aromatic carbocycles. The molecular formula is C10H18N2O4. The van der Waals surface area contributed by atoms with Gasteiger partial charge in [0.05, 0.1) is 0 Å². The largest absolute Gasteiger partial charge is 0.479 e. The summed E-state index contributed by atoms with van der Waals surface area (Å²) < 4.78 is 0. The highest BCUT2D eigenvalue weighted by molar-refractivity contribution is 5.75. The summed E-state index contributed by atoms with van der Waals surface area (Å²) >= 11 is 0. The third-order valence-electron chi connectivity index (χ3n) is 2.62. The number of carboxylic acids is 1. The Bertz CT molecular complexity index is 239. The monoisotopic (exact) mass is 230 g/mol. The van der Waals surface area contributed by atoms with Crippen LogP contribution in [0.2, 0.25) is 0 Å². The summed E-state index contributed by atoms with van der Waals surface area (Å²) in [5.41, 5.74) is 2.12. The zero-order valence-corrected chi connectivity index (χ0v) is 9.20. The predicted molar refractivity (Wildman–Crippen MR) is 56.6 cm³/mol. The molecule has 16 heavy (non-hydrogen) atoms. The van der Waals surface area contributed by atoms with Gasteiger partial charge in [-0.3, -0.25) is 9.63 Å². The number of nitrogens with one attached hydrogen (secondary N) is 2. The first-order valence-corrected chi connectivity index (χ1v) is 5.51. The number of carboxylic acid groups (broad SMARTS) is 1. The molecule has 1 rings (SSSR count). The first-order chi connectivity index (χ1) is 7.68. The van der Waals surface area contributed by atoms with E-state index in [-0.39, 0.29) is 5.91 Å². The van der Waals surface area contributed by atoms with Crippen molar-refractivity contribution in [2.24, 2.45) is 5.92 Å². The molecule has 0 aliphatic carbocycles. The van der Waals surface area contributed by atoms with Gasteiger partial charge in [0, 0.05) is 6.42 Å². The third-order valence-corrected chi connectivity index (χ3v) is 2.62. The van der Waals surface area contributed by atoms with Gasteiger partial charge in [0.15, 0.2) is 6.61 Å². The van der Waals surface area contributed by atoms with Crippen LogP contribution in [0.3, 0.4) is 0 Å². The van der Waals surface area contributed by atoms with Crippen LogP contribution in [0.1, 0.15) is 25.7 Å². The van der Waals surface area contributed by atoms with Gasteiger partial charge in [-0.2, -0.15) is 0 Å². The highest BCUT2D eigenvalue weighted by Gasteiger charge is 2.14. The topological polar surface area (TPSA) is 87.7 Å². The van der Waals surface area contributed by atoms with E-state index in [0.29, 0.717) is 12.3 Å². The summed E-state index contributed by atoms with van der Waals surface area (Å²) in [6.07, 6.45) is 3.43. The Morgan fingerprint density at radius 2 is 2.06 bits per heavy atom. The molecule has 6 nitrogen and oxygen atoms in total. The van der Waals surface area contributed by atoms with E-state index >= 15 is 0 Å². The Hall–Kier alpha value is -1.14. The van der Waals surface area contributed by atoms with Crippen molar-refractivity contribution in [2.75, 3.05) is 19.7 Å². The number of aliphatic carboxylic acids is 1. The fraction of sp³-hybridized carbons (Fsp3) is 0.800. The van der Waals surface area contributed by atoms with Crippen molar-refractivity contribution in [3.05, 3.63) is 0 Å². The summed E-state index contributed by atoms with van der Waals surface area (Å²) in [6.45, 7) is 1.53. The van der Waals surface area contributed by atoms with Gasteiger partial charge in [-0.05, 0) is 38.3 Å². The minimum Gasteiger partial charge on any atom is -0.479 e. The predicted octanol–water partition coefficient (Wildman–Crippen LogP) is -0.101. The maximum absolute atomic E-state index is 11.2. The fourth-order valence-corrected chi connectivity index (χ4v) is 1.73. The SMILES string of the molecule is O=C(O)CONC(=O)CCC1CCNCC1. The lowest BCUT2D eigenvalue weighted by atomic mass is 9.93. The van der Waals surface area contributed by atoms with Crippen LogP contribution in [0, 0.1) is 5.92 Å². The Kier molecular flexibility index (Phi) is 5.81. The van der Waals surface area contributed by atoms with Crippen molar-refractivity contribution in [3.63, 3.8) is 0 Å². The van der Waals surface area contributed by atoms with Crippen molar-refractivity contribution in [2.45, 2.75) is 25.7 Å². The van der Waals surface area contributed by atoms with Gasteiger partial charge in [0.25, 0.3) is 0 Å². The maximum atomic E-state index is 11.2. The number of amides is 1. The second-order valence-electron chi connectivity index (χ2n) is 3.94. The number of piperidine rings is 1. The summed E-state index contributed by atoms with van der Waals surface area (Å²) in [6, 6.07) is 0. The molecule has 1 aliphatic rings. The number of hydroxylamine groups is 1. The van der Waals surface area contributed by atoms with Gasteiger partial charge in [-0.25, -0.2) is 10.3 Å². The molecule has 0 atom stereocenters. The van der Waals surface area contributed by atoms with Crippen LogP contribution in [0.15, 0.2) is 0 Å². The van der Waals surface area contributed by atoms with E-state index < -0.39 is 12.6 Å². The zero-order chi connectivity index (χ0) is 11.8. The van der Waals surface area contributed by atoms with Crippen LogP contribution >= 0.6 is 0 Å². The normalized spacial score (nSPS) is 17.0. The van der Waals surface area contributed by atoms with Gasteiger partial charge in [-0.1, -0.05) is 0 Å². The van der Waals surface area contributed by atoms with Crippen molar-refractivity contribution in [1.29, 1.82) is 0 Å². The van der Waals surface area contributed by atoms with Crippen molar-refractivity contribution in [1.82, 2.24) is 10.8 Å². The number of hydrogen-bond donors (Lipinski definition) is 3. The summed E-state index contributed by atoms with van der Waals surface area (Å²) in [5, 5.41) is 11.5.